The number of rotatable bonds is 4. The van der Waals surface area contributed by atoms with Gasteiger partial charge in [-0.1, -0.05) is 11.6 Å². The molecule has 1 heterocycles. The Labute approximate surface area is 155 Å². The zero-order valence-electron chi connectivity index (χ0n) is 13.8. The number of nitrogens with one attached hydrogen (secondary N) is 1. The van der Waals surface area contributed by atoms with E-state index in [-0.39, 0.29) is 29.1 Å². The van der Waals surface area contributed by atoms with Crippen LogP contribution < -0.4 is 4.72 Å². The van der Waals surface area contributed by atoms with Crippen LogP contribution in [0.2, 0.25) is 5.02 Å². The van der Waals surface area contributed by atoms with E-state index >= 15 is 0 Å². The zero-order valence-corrected chi connectivity index (χ0v) is 15.4. The largest absolute Gasteiger partial charge is 0.466 e. The molecule has 1 fully saturated rings. The summed E-state index contributed by atoms with van der Waals surface area (Å²) in [6.45, 7) is 0.706. The maximum atomic E-state index is 13.2. The summed E-state index contributed by atoms with van der Waals surface area (Å²) >= 11 is 5.89. The van der Waals surface area contributed by atoms with Crippen LogP contribution in [0.5, 0.6) is 0 Å². The van der Waals surface area contributed by atoms with Crippen LogP contribution in [0.1, 0.15) is 12.8 Å². The maximum Gasteiger partial charge on any atom is 0.335 e. The van der Waals surface area contributed by atoms with Crippen LogP contribution >= 0.6 is 11.6 Å². The number of anilines is 1. The van der Waals surface area contributed by atoms with Crippen molar-refractivity contribution in [1.82, 2.24) is 0 Å². The number of hydrogen-bond donors (Lipinski definition) is 1. The van der Waals surface area contributed by atoms with E-state index in [9.17, 15) is 17.6 Å². The lowest BCUT2D eigenvalue weighted by atomic mass is 9.94. The number of carbonyl (C=O) groups is 1. The van der Waals surface area contributed by atoms with Crippen molar-refractivity contribution >= 4 is 33.3 Å². The van der Waals surface area contributed by atoms with Gasteiger partial charge in [0.15, 0.2) is 5.79 Å². The van der Waals surface area contributed by atoms with Crippen LogP contribution in [0.15, 0.2) is 29.8 Å². The number of halogens is 2. The minimum absolute atomic E-state index is 0.0194. The first-order chi connectivity index (χ1) is 12.3. The van der Waals surface area contributed by atoms with Crippen LogP contribution in [-0.4, -0.2) is 45.7 Å². The Morgan fingerprint density at radius 1 is 1.38 bits per heavy atom. The minimum atomic E-state index is -4.06. The average Bonchev–Trinajstić information content (AvgIpc) is 3.04. The van der Waals surface area contributed by atoms with E-state index in [2.05, 4.69) is 4.72 Å². The van der Waals surface area contributed by atoms with Gasteiger partial charge in [0.05, 0.1) is 36.6 Å². The molecule has 142 valence electrons. The molecule has 1 aliphatic carbocycles. The van der Waals surface area contributed by atoms with Crippen LogP contribution in [0.4, 0.5) is 10.1 Å². The molecule has 1 unspecified atom stereocenters. The van der Waals surface area contributed by atoms with E-state index in [4.69, 9.17) is 25.8 Å². The summed E-state index contributed by atoms with van der Waals surface area (Å²) in [4.78, 5) is 12.2. The lowest BCUT2D eigenvalue weighted by molar-refractivity contribution is -0.141. The van der Waals surface area contributed by atoms with E-state index in [1.165, 1.54) is 12.1 Å². The van der Waals surface area contributed by atoms with E-state index < -0.39 is 32.8 Å². The van der Waals surface area contributed by atoms with Gasteiger partial charge in [0.1, 0.15) is 11.1 Å². The summed E-state index contributed by atoms with van der Waals surface area (Å²) in [7, 11) is -2.90. The molecule has 26 heavy (non-hydrogen) atoms. The molecule has 0 amide bonds. The fraction of sp³-hybridized carbons (Fsp3) is 0.438. The molecule has 1 N–H and O–H groups in total. The zero-order chi connectivity index (χ0) is 18.9. The normalized spacial score (nSPS) is 22.1. The molecule has 2 aliphatic rings. The Balaban J connectivity index is 1.93. The molecule has 7 nitrogen and oxygen atoms in total. The summed E-state index contributed by atoms with van der Waals surface area (Å²) in [6.07, 6.45) is 1.71. The standard InChI is InChI=1S/C16H17ClFNO6S/c1-23-15(20)11-9-16(24-6-7-25-16)5-4-14(11)26(21,22)19-13-3-2-10(18)8-12(13)17/h2-3,8-9,14,19H,4-7H2,1H3. The fourth-order valence-electron chi connectivity index (χ4n) is 3.02. The summed E-state index contributed by atoms with van der Waals surface area (Å²) in [5.74, 6) is -2.49. The highest BCUT2D eigenvalue weighted by atomic mass is 35.5. The summed E-state index contributed by atoms with van der Waals surface area (Å²) in [5.41, 5.74) is -0.0580. The number of esters is 1. The third-order valence-electron chi connectivity index (χ3n) is 4.23. The summed E-state index contributed by atoms with van der Waals surface area (Å²) < 4.78 is 56.9. The van der Waals surface area contributed by atoms with Crippen LogP contribution in [0, 0.1) is 5.82 Å². The summed E-state index contributed by atoms with van der Waals surface area (Å²) in [5, 5.41) is -1.28. The second-order valence-electron chi connectivity index (χ2n) is 5.90. The minimum Gasteiger partial charge on any atom is -0.466 e. The molecule has 3 rings (SSSR count). The Morgan fingerprint density at radius 3 is 2.69 bits per heavy atom. The second kappa shape index (κ2) is 7.15. The van der Waals surface area contributed by atoms with E-state index in [1.807, 2.05) is 0 Å². The third-order valence-corrected chi connectivity index (χ3v) is 6.29. The Hall–Kier alpha value is -1.68. The molecule has 0 saturated carbocycles. The molecule has 1 saturated heterocycles. The van der Waals surface area contributed by atoms with Crippen molar-refractivity contribution < 1.29 is 31.8 Å². The SMILES string of the molecule is COC(=O)C1=CC2(CCC1S(=O)(=O)Nc1ccc(F)cc1Cl)OCCO2. The quantitative estimate of drug-likeness (QED) is 0.772. The van der Waals surface area contributed by atoms with Gasteiger partial charge >= 0.3 is 5.97 Å². The lowest BCUT2D eigenvalue weighted by Gasteiger charge is -2.33. The molecular weight excluding hydrogens is 389 g/mol. The average molecular weight is 406 g/mol. The van der Waals surface area contributed by atoms with Gasteiger partial charge in [0, 0.05) is 6.42 Å². The smallest absolute Gasteiger partial charge is 0.335 e. The molecule has 0 aromatic heterocycles. The first-order valence-electron chi connectivity index (χ1n) is 7.82. The number of carbonyl (C=O) groups excluding carboxylic acids is 1. The number of ether oxygens (including phenoxy) is 3. The molecule has 0 radical (unpaired) electrons. The van der Waals surface area contributed by atoms with E-state index in [0.29, 0.717) is 13.2 Å². The van der Waals surface area contributed by atoms with Gasteiger partial charge in [-0.2, -0.15) is 0 Å². The number of benzene rings is 1. The highest BCUT2D eigenvalue weighted by Crippen LogP contribution is 2.38. The predicted octanol–water partition coefficient (Wildman–Crippen LogP) is 2.23. The first-order valence-corrected chi connectivity index (χ1v) is 9.74. The van der Waals surface area contributed by atoms with Gasteiger partial charge in [0.2, 0.25) is 10.0 Å². The van der Waals surface area contributed by atoms with Crippen LogP contribution in [0.3, 0.4) is 0 Å². The van der Waals surface area contributed by atoms with Crippen molar-refractivity contribution in [2.75, 3.05) is 25.0 Å². The van der Waals surface area contributed by atoms with Crippen molar-refractivity contribution in [1.29, 1.82) is 0 Å². The Morgan fingerprint density at radius 2 is 2.08 bits per heavy atom. The van der Waals surface area contributed by atoms with E-state index in [0.717, 1.165) is 19.2 Å². The van der Waals surface area contributed by atoms with Gasteiger partial charge in [-0.15, -0.1) is 0 Å². The van der Waals surface area contributed by atoms with Gasteiger partial charge in [-0.05, 0) is 30.7 Å². The predicted molar refractivity (Wildman–Crippen MR) is 91.7 cm³/mol. The maximum absolute atomic E-state index is 13.2. The van der Waals surface area contributed by atoms with Crippen molar-refractivity contribution in [3.05, 3.63) is 40.7 Å². The molecule has 1 spiro atoms. The number of hydrogen-bond acceptors (Lipinski definition) is 6. The molecule has 1 aliphatic heterocycles. The number of methoxy groups -OCH3 is 1. The molecule has 1 aromatic rings. The lowest BCUT2D eigenvalue weighted by Crippen LogP contribution is -2.42. The molecule has 10 heteroatoms. The second-order valence-corrected chi connectivity index (χ2v) is 8.17. The van der Waals surface area contributed by atoms with Crippen molar-refractivity contribution in [2.45, 2.75) is 23.9 Å². The first kappa shape index (κ1) is 19.1. The topological polar surface area (TPSA) is 90.9 Å². The van der Waals surface area contributed by atoms with Gasteiger partial charge in [-0.25, -0.2) is 17.6 Å². The Bertz CT molecular complexity index is 850. The molecular formula is C16H17ClFNO6S. The van der Waals surface area contributed by atoms with Crippen molar-refractivity contribution in [2.24, 2.45) is 0 Å². The van der Waals surface area contributed by atoms with Crippen LogP contribution in [0.25, 0.3) is 0 Å². The van der Waals surface area contributed by atoms with E-state index in [1.54, 1.807) is 0 Å². The van der Waals surface area contributed by atoms with Gasteiger partial charge in [-0.3, -0.25) is 4.72 Å². The molecule has 1 atom stereocenters. The fourth-order valence-corrected chi connectivity index (χ4v) is 4.84. The number of sulfonamides is 1. The molecule has 1 aromatic carbocycles. The monoisotopic (exact) mass is 405 g/mol. The highest BCUT2D eigenvalue weighted by molar-refractivity contribution is 7.93. The summed E-state index contributed by atoms with van der Waals surface area (Å²) in [6, 6.07) is 3.29. The van der Waals surface area contributed by atoms with Crippen molar-refractivity contribution in [3.8, 4) is 0 Å². The van der Waals surface area contributed by atoms with Crippen LogP contribution in [-0.2, 0) is 29.0 Å². The van der Waals surface area contributed by atoms with Gasteiger partial charge in [0.25, 0.3) is 0 Å². The Kier molecular flexibility index (Phi) is 5.25. The van der Waals surface area contributed by atoms with Crippen molar-refractivity contribution in [3.63, 3.8) is 0 Å². The highest BCUT2D eigenvalue weighted by Gasteiger charge is 2.46. The molecule has 0 bridgehead atoms. The van der Waals surface area contributed by atoms with Gasteiger partial charge < -0.3 is 14.2 Å². The third kappa shape index (κ3) is 3.71.